The lowest BCUT2D eigenvalue weighted by molar-refractivity contribution is 0.177. The molecule has 0 bridgehead atoms. The molecule has 82 valence electrons. The summed E-state index contributed by atoms with van der Waals surface area (Å²) in [4.78, 5) is 0. The van der Waals surface area contributed by atoms with Gasteiger partial charge in [0.1, 0.15) is 0 Å². The van der Waals surface area contributed by atoms with E-state index in [-0.39, 0.29) is 6.10 Å². The topological polar surface area (TPSA) is 32.3 Å². The van der Waals surface area contributed by atoms with Crippen molar-refractivity contribution < 1.29 is 5.11 Å². The van der Waals surface area contributed by atoms with Gasteiger partial charge in [0, 0.05) is 6.54 Å². The summed E-state index contributed by atoms with van der Waals surface area (Å²) < 4.78 is 0. The molecular weight excluding hydrogens is 186 g/mol. The van der Waals surface area contributed by atoms with E-state index in [0.29, 0.717) is 5.92 Å². The molecule has 0 radical (unpaired) electrons. The fourth-order valence-corrected chi connectivity index (χ4v) is 2.25. The number of nitrogens with one attached hydrogen (secondary N) is 1. The number of hydrogen-bond donors (Lipinski definition) is 2. The minimum atomic E-state index is -0.0477. The van der Waals surface area contributed by atoms with Gasteiger partial charge >= 0.3 is 0 Å². The highest BCUT2D eigenvalue weighted by Crippen LogP contribution is 2.24. The molecule has 15 heavy (non-hydrogen) atoms. The van der Waals surface area contributed by atoms with Crippen molar-refractivity contribution >= 4 is 0 Å². The molecular formula is C13H19NO. The summed E-state index contributed by atoms with van der Waals surface area (Å²) in [6.45, 7) is 1.97. The van der Waals surface area contributed by atoms with Crippen molar-refractivity contribution in [1.82, 2.24) is 5.32 Å². The van der Waals surface area contributed by atoms with Crippen LogP contribution in [0.4, 0.5) is 0 Å². The van der Waals surface area contributed by atoms with Crippen molar-refractivity contribution in [3.63, 3.8) is 0 Å². The van der Waals surface area contributed by atoms with Gasteiger partial charge in [-0.25, -0.2) is 0 Å². The smallest absolute Gasteiger partial charge is 0.0543 e. The molecule has 0 saturated heterocycles. The SMILES string of the molecule is OC1CCC(CNCc2ccccc2)C1. The van der Waals surface area contributed by atoms with Gasteiger partial charge in [-0.05, 0) is 37.3 Å². The lowest BCUT2D eigenvalue weighted by Gasteiger charge is -2.10. The minimum Gasteiger partial charge on any atom is -0.393 e. The van der Waals surface area contributed by atoms with Crippen LogP contribution in [0.5, 0.6) is 0 Å². The Hall–Kier alpha value is -0.860. The summed E-state index contributed by atoms with van der Waals surface area (Å²) >= 11 is 0. The molecule has 1 aromatic rings. The zero-order valence-electron chi connectivity index (χ0n) is 9.02. The van der Waals surface area contributed by atoms with Gasteiger partial charge in [-0.1, -0.05) is 30.3 Å². The molecule has 1 aromatic carbocycles. The average Bonchev–Trinajstić information content (AvgIpc) is 2.66. The monoisotopic (exact) mass is 205 g/mol. The second-order valence-corrected chi connectivity index (χ2v) is 4.45. The van der Waals surface area contributed by atoms with Crippen LogP contribution in [0.3, 0.4) is 0 Å². The van der Waals surface area contributed by atoms with Crippen LogP contribution in [0, 0.1) is 5.92 Å². The summed E-state index contributed by atoms with van der Waals surface area (Å²) in [6.07, 6.45) is 3.08. The summed E-state index contributed by atoms with van der Waals surface area (Å²) in [5.74, 6) is 0.670. The third kappa shape index (κ3) is 3.33. The molecule has 0 aromatic heterocycles. The Kier molecular flexibility index (Phi) is 3.75. The van der Waals surface area contributed by atoms with Gasteiger partial charge in [-0.3, -0.25) is 0 Å². The third-order valence-electron chi connectivity index (χ3n) is 3.12. The number of aliphatic hydroxyl groups is 1. The fraction of sp³-hybridized carbons (Fsp3) is 0.538. The van der Waals surface area contributed by atoms with Crippen molar-refractivity contribution in [3.05, 3.63) is 35.9 Å². The molecule has 1 aliphatic carbocycles. The van der Waals surface area contributed by atoms with E-state index in [1.54, 1.807) is 0 Å². The van der Waals surface area contributed by atoms with E-state index in [9.17, 15) is 5.11 Å². The highest BCUT2D eigenvalue weighted by atomic mass is 16.3. The predicted molar refractivity (Wildman–Crippen MR) is 61.5 cm³/mol. The molecule has 0 amide bonds. The van der Waals surface area contributed by atoms with Gasteiger partial charge in [0.15, 0.2) is 0 Å². The molecule has 0 aliphatic heterocycles. The van der Waals surface area contributed by atoms with E-state index in [2.05, 4.69) is 29.6 Å². The quantitative estimate of drug-likeness (QED) is 0.787. The number of benzene rings is 1. The molecule has 1 saturated carbocycles. The first-order valence-electron chi connectivity index (χ1n) is 5.77. The molecule has 2 atom stereocenters. The molecule has 0 heterocycles. The zero-order chi connectivity index (χ0) is 10.5. The standard InChI is InChI=1S/C13H19NO/c15-13-7-6-12(8-13)10-14-9-11-4-2-1-3-5-11/h1-5,12-15H,6-10H2. The van der Waals surface area contributed by atoms with E-state index in [1.807, 2.05) is 6.07 Å². The van der Waals surface area contributed by atoms with Crippen LogP contribution in [0.1, 0.15) is 24.8 Å². The Balaban J connectivity index is 1.67. The van der Waals surface area contributed by atoms with Gasteiger partial charge in [-0.15, -0.1) is 0 Å². The molecule has 2 N–H and O–H groups in total. The maximum absolute atomic E-state index is 9.39. The molecule has 2 nitrogen and oxygen atoms in total. The summed E-state index contributed by atoms with van der Waals surface area (Å²) in [7, 11) is 0. The van der Waals surface area contributed by atoms with Crippen LogP contribution in [-0.2, 0) is 6.54 Å². The van der Waals surface area contributed by atoms with Crippen LogP contribution in [0.15, 0.2) is 30.3 Å². The van der Waals surface area contributed by atoms with Crippen LogP contribution < -0.4 is 5.32 Å². The van der Waals surface area contributed by atoms with Gasteiger partial charge < -0.3 is 10.4 Å². The van der Waals surface area contributed by atoms with Crippen molar-refractivity contribution in [2.24, 2.45) is 5.92 Å². The fourth-order valence-electron chi connectivity index (χ4n) is 2.25. The summed E-state index contributed by atoms with van der Waals surface area (Å²) in [6, 6.07) is 10.4. The largest absolute Gasteiger partial charge is 0.393 e. The third-order valence-corrected chi connectivity index (χ3v) is 3.12. The van der Waals surface area contributed by atoms with Gasteiger partial charge in [0.2, 0.25) is 0 Å². The Labute approximate surface area is 91.3 Å². The molecule has 1 fully saturated rings. The molecule has 2 unspecified atom stereocenters. The average molecular weight is 205 g/mol. The van der Waals surface area contributed by atoms with Crippen LogP contribution in [-0.4, -0.2) is 17.8 Å². The normalized spacial score (nSPS) is 25.7. The maximum atomic E-state index is 9.39. The van der Waals surface area contributed by atoms with Crippen molar-refractivity contribution in [3.8, 4) is 0 Å². The lowest BCUT2D eigenvalue weighted by Crippen LogP contribution is -2.21. The first-order chi connectivity index (χ1) is 7.34. The maximum Gasteiger partial charge on any atom is 0.0543 e. The number of aliphatic hydroxyl groups excluding tert-OH is 1. The minimum absolute atomic E-state index is 0.0477. The molecule has 2 rings (SSSR count). The van der Waals surface area contributed by atoms with Crippen LogP contribution in [0.2, 0.25) is 0 Å². The van der Waals surface area contributed by atoms with E-state index >= 15 is 0 Å². The van der Waals surface area contributed by atoms with E-state index in [1.165, 1.54) is 12.0 Å². The van der Waals surface area contributed by atoms with E-state index in [0.717, 1.165) is 25.9 Å². The molecule has 2 heteroatoms. The molecule has 0 spiro atoms. The molecule has 1 aliphatic rings. The Morgan fingerprint density at radius 1 is 1.20 bits per heavy atom. The van der Waals surface area contributed by atoms with Crippen molar-refractivity contribution in [1.29, 1.82) is 0 Å². The summed E-state index contributed by atoms with van der Waals surface area (Å²) in [5, 5.41) is 12.8. The Bertz CT molecular complexity index is 286. The van der Waals surface area contributed by atoms with Gasteiger partial charge in [0.25, 0.3) is 0 Å². The Morgan fingerprint density at radius 2 is 2.00 bits per heavy atom. The second kappa shape index (κ2) is 5.29. The predicted octanol–water partition coefficient (Wildman–Crippen LogP) is 1.94. The number of hydrogen-bond acceptors (Lipinski definition) is 2. The van der Waals surface area contributed by atoms with Gasteiger partial charge in [-0.2, -0.15) is 0 Å². The van der Waals surface area contributed by atoms with E-state index < -0.39 is 0 Å². The Morgan fingerprint density at radius 3 is 2.67 bits per heavy atom. The second-order valence-electron chi connectivity index (χ2n) is 4.45. The zero-order valence-corrected chi connectivity index (χ0v) is 9.02. The number of rotatable bonds is 4. The van der Waals surface area contributed by atoms with E-state index in [4.69, 9.17) is 0 Å². The van der Waals surface area contributed by atoms with Gasteiger partial charge in [0.05, 0.1) is 6.10 Å². The summed E-state index contributed by atoms with van der Waals surface area (Å²) in [5.41, 5.74) is 1.33. The highest BCUT2D eigenvalue weighted by molar-refractivity contribution is 5.14. The van der Waals surface area contributed by atoms with Crippen LogP contribution >= 0.6 is 0 Å². The first kappa shape index (κ1) is 10.7. The first-order valence-corrected chi connectivity index (χ1v) is 5.77. The van der Waals surface area contributed by atoms with Crippen LogP contribution in [0.25, 0.3) is 0 Å². The van der Waals surface area contributed by atoms with Crippen molar-refractivity contribution in [2.45, 2.75) is 31.9 Å². The highest BCUT2D eigenvalue weighted by Gasteiger charge is 2.21. The van der Waals surface area contributed by atoms with Crippen molar-refractivity contribution in [2.75, 3.05) is 6.54 Å². The lowest BCUT2D eigenvalue weighted by atomic mass is 10.1.